The Morgan fingerprint density at radius 2 is 2.06 bits per heavy atom. The lowest BCUT2D eigenvalue weighted by Crippen LogP contribution is -2.30. The molecule has 3 nitrogen and oxygen atoms in total. The lowest BCUT2D eigenvalue weighted by Gasteiger charge is -2.21. The van der Waals surface area contributed by atoms with Crippen LogP contribution < -0.4 is 0 Å². The van der Waals surface area contributed by atoms with Crippen molar-refractivity contribution in [3.63, 3.8) is 0 Å². The minimum absolute atomic E-state index is 0.417. The first-order valence-electron chi connectivity index (χ1n) is 6.13. The van der Waals surface area contributed by atoms with Crippen molar-refractivity contribution in [2.45, 2.75) is 18.8 Å². The highest BCUT2D eigenvalue weighted by molar-refractivity contribution is 5.76. The highest BCUT2D eigenvalue weighted by Gasteiger charge is 2.26. The van der Waals surface area contributed by atoms with Gasteiger partial charge < -0.3 is 10.0 Å². The SMILES string of the molecule is CN(CC1CC1)CC(C(=O)O)c1ccccc1. The second-order valence-corrected chi connectivity index (χ2v) is 4.97. The Labute approximate surface area is 102 Å². The van der Waals surface area contributed by atoms with Gasteiger partial charge in [-0.3, -0.25) is 4.79 Å². The summed E-state index contributed by atoms with van der Waals surface area (Å²) in [6.45, 7) is 1.62. The zero-order chi connectivity index (χ0) is 12.3. The highest BCUT2D eigenvalue weighted by Crippen LogP contribution is 2.30. The number of benzene rings is 1. The summed E-state index contributed by atoms with van der Waals surface area (Å²) in [6, 6.07) is 9.49. The second-order valence-electron chi connectivity index (χ2n) is 4.97. The molecule has 92 valence electrons. The first-order chi connectivity index (χ1) is 8.16. The number of rotatable bonds is 6. The van der Waals surface area contributed by atoms with Gasteiger partial charge in [-0.1, -0.05) is 30.3 Å². The number of aliphatic carboxylic acids is 1. The van der Waals surface area contributed by atoms with E-state index in [0.717, 1.165) is 18.0 Å². The first kappa shape index (κ1) is 12.1. The van der Waals surface area contributed by atoms with Crippen molar-refractivity contribution >= 4 is 5.97 Å². The fourth-order valence-corrected chi connectivity index (χ4v) is 2.14. The van der Waals surface area contributed by atoms with Gasteiger partial charge in [0.05, 0.1) is 5.92 Å². The van der Waals surface area contributed by atoms with E-state index in [4.69, 9.17) is 0 Å². The van der Waals surface area contributed by atoms with Crippen molar-refractivity contribution < 1.29 is 9.90 Å². The molecule has 0 aliphatic heterocycles. The Morgan fingerprint density at radius 1 is 1.41 bits per heavy atom. The molecule has 1 aliphatic rings. The first-order valence-corrected chi connectivity index (χ1v) is 6.13. The van der Waals surface area contributed by atoms with E-state index in [1.165, 1.54) is 12.8 Å². The Balaban J connectivity index is 1.99. The molecule has 1 N–H and O–H groups in total. The number of nitrogens with zero attached hydrogens (tertiary/aromatic N) is 1. The van der Waals surface area contributed by atoms with Gasteiger partial charge in [-0.05, 0) is 31.4 Å². The van der Waals surface area contributed by atoms with Crippen molar-refractivity contribution in [1.29, 1.82) is 0 Å². The molecule has 1 atom stereocenters. The molecule has 1 aromatic carbocycles. The molecule has 2 rings (SSSR count). The maximum absolute atomic E-state index is 11.3. The summed E-state index contributed by atoms with van der Waals surface area (Å²) < 4.78 is 0. The van der Waals surface area contributed by atoms with Crippen LogP contribution in [0.15, 0.2) is 30.3 Å². The Bertz CT molecular complexity index is 373. The van der Waals surface area contributed by atoms with Crippen LogP contribution in [-0.2, 0) is 4.79 Å². The van der Waals surface area contributed by atoms with Gasteiger partial charge in [-0.25, -0.2) is 0 Å². The molecule has 0 spiro atoms. The van der Waals surface area contributed by atoms with Crippen LogP contribution >= 0.6 is 0 Å². The molecular formula is C14H19NO2. The molecule has 0 amide bonds. The lowest BCUT2D eigenvalue weighted by atomic mass is 9.99. The average Bonchev–Trinajstić information content (AvgIpc) is 3.10. The van der Waals surface area contributed by atoms with Crippen LogP contribution in [0.3, 0.4) is 0 Å². The summed E-state index contributed by atoms with van der Waals surface area (Å²) in [5.74, 6) is -0.357. The van der Waals surface area contributed by atoms with E-state index in [-0.39, 0.29) is 0 Å². The molecule has 0 aromatic heterocycles. The van der Waals surface area contributed by atoms with Gasteiger partial charge in [0.25, 0.3) is 0 Å². The molecule has 0 heterocycles. The van der Waals surface area contributed by atoms with Crippen LogP contribution in [-0.4, -0.2) is 36.1 Å². The van der Waals surface area contributed by atoms with Gasteiger partial charge >= 0.3 is 5.97 Å². The largest absolute Gasteiger partial charge is 0.481 e. The van der Waals surface area contributed by atoms with Crippen LogP contribution in [0.2, 0.25) is 0 Å². The minimum atomic E-state index is -0.737. The number of hydrogen-bond donors (Lipinski definition) is 1. The standard InChI is InChI=1S/C14H19NO2/c1-15(9-11-7-8-11)10-13(14(16)17)12-5-3-2-4-6-12/h2-6,11,13H,7-10H2,1H3,(H,16,17). The quantitative estimate of drug-likeness (QED) is 0.819. The number of hydrogen-bond acceptors (Lipinski definition) is 2. The number of carboxylic acids is 1. The second kappa shape index (κ2) is 5.32. The third kappa shape index (κ3) is 3.56. The molecule has 0 saturated heterocycles. The van der Waals surface area contributed by atoms with Gasteiger partial charge in [-0.15, -0.1) is 0 Å². The normalized spacial score (nSPS) is 17.1. The third-order valence-electron chi connectivity index (χ3n) is 3.26. The minimum Gasteiger partial charge on any atom is -0.481 e. The molecule has 1 aliphatic carbocycles. The third-order valence-corrected chi connectivity index (χ3v) is 3.26. The fraction of sp³-hybridized carbons (Fsp3) is 0.500. The van der Waals surface area contributed by atoms with Gasteiger partial charge in [0.2, 0.25) is 0 Å². The monoisotopic (exact) mass is 233 g/mol. The van der Waals surface area contributed by atoms with E-state index in [0.29, 0.717) is 6.54 Å². The van der Waals surface area contributed by atoms with Gasteiger partial charge in [0.15, 0.2) is 0 Å². The smallest absolute Gasteiger partial charge is 0.312 e. The number of carbonyl (C=O) groups is 1. The molecule has 1 fully saturated rings. The maximum Gasteiger partial charge on any atom is 0.312 e. The van der Waals surface area contributed by atoms with Crippen molar-refractivity contribution in [2.24, 2.45) is 5.92 Å². The average molecular weight is 233 g/mol. The fourth-order valence-electron chi connectivity index (χ4n) is 2.14. The molecule has 1 saturated carbocycles. The van der Waals surface area contributed by atoms with E-state index >= 15 is 0 Å². The van der Waals surface area contributed by atoms with E-state index < -0.39 is 11.9 Å². The maximum atomic E-state index is 11.3. The van der Waals surface area contributed by atoms with Crippen molar-refractivity contribution in [3.8, 4) is 0 Å². The molecule has 0 bridgehead atoms. The Morgan fingerprint density at radius 3 is 2.59 bits per heavy atom. The van der Waals surface area contributed by atoms with Crippen LogP contribution in [0.4, 0.5) is 0 Å². The highest BCUT2D eigenvalue weighted by atomic mass is 16.4. The van der Waals surface area contributed by atoms with Crippen LogP contribution in [0.5, 0.6) is 0 Å². The number of carboxylic acid groups (broad SMARTS) is 1. The topological polar surface area (TPSA) is 40.5 Å². The van der Waals surface area contributed by atoms with Crippen LogP contribution in [0.25, 0.3) is 0 Å². The lowest BCUT2D eigenvalue weighted by molar-refractivity contribution is -0.139. The van der Waals surface area contributed by atoms with E-state index in [1.54, 1.807) is 0 Å². The predicted molar refractivity (Wildman–Crippen MR) is 67.0 cm³/mol. The molecule has 0 radical (unpaired) electrons. The molecule has 1 aromatic rings. The van der Waals surface area contributed by atoms with Crippen molar-refractivity contribution in [2.75, 3.05) is 20.1 Å². The summed E-state index contributed by atoms with van der Waals surface area (Å²) in [7, 11) is 2.01. The summed E-state index contributed by atoms with van der Waals surface area (Å²) in [6.07, 6.45) is 2.60. The van der Waals surface area contributed by atoms with Crippen molar-refractivity contribution in [3.05, 3.63) is 35.9 Å². The summed E-state index contributed by atoms with van der Waals surface area (Å²) in [5, 5.41) is 9.30. The van der Waals surface area contributed by atoms with Crippen molar-refractivity contribution in [1.82, 2.24) is 4.90 Å². The van der Waals surface area contributed by atoms with Gasteiger partial charge in [-0.2, -0.15) is 0 Å². The molecule has 3 heteroatoms. The predicted octanol–water partition coefficient (Wildman–Crippen LogP) is 2.20. The summed E-state index contributed by atoms with van der Waals surface area (Å²) >= 11 is 0. The Hall–Kier alpha value is -1.35. The van der Waals surface area contributed by atoms with Gasteiger partial charge in [0.1, 0.15) is 0 Å². The number of likely N-dealkylation sites (N-methyl/N-ethyl adjacent to an activating group) is 1. The van der Waals surface area contributed by atoms with Crippen LogP contribution in [0.1, 0.15) is 24.3 Å². The zero-order valence-electron chi connectivity index (χ0n) is 10.2. The molecule has 1 unspecified atom stereocenters. The molecular weight excluding hydrogens is 214 g/mol. The Kier molecular flexibility index (Phi) is 3.79. The molecule has 17 heavy (non-hydrogen) atoms. The summed E-state index contributed by atoms with van der Waals surface area (Å²) in [5.41, 5.74) is 0.891. The van der Waals surface area contributed by atoms with E-state index in [1.807, 2.05) is 37.4 Å². The van der Waals surface area contributed by atoms with E-state index in [9.17, 15) is 9.90 Å². The summed E-state index contributed by atoms with van der Waals surface area (Å²) in [4.78, 5) is 13.5. The van der Waals surface area contributed by atoms with E-state index in [2.05, 4.69) is 4.90 Å². The zero-order valence-corrected chi connectivity index (χ0v) is 10.2. The van der Waals surface area contributed by atoms with Gasteiger partial charge in [0, 0.05) is 13.1 Å². The van der Waals surface area contributed by atoms with Crippen LogP contribution in [0, 0.1) is 5.92 Å².